The van der Waals surface area contributed by atoms with Crippen LogP contribution >= 0.6 is 11.8 Å². The van der Waals surface area contributed by atoms with Gasteiger partial charge in [-0.1, -0.05) is 35.5 Å². The number of nitrogens with one attached hydrogen (secondary N) is 1. The first kappa shape index (κ1) is 28.9. The smallest absolute Gasteiger partial charge is 0.408 e. The number of nitrogens with zero attached hydrogens (tertiary/aromatic N) is 4. The van der Waals surface area contributed by atoms with Crippen LogP contribution in [0.25, 0.3) is 11.4 Å². The number of methoxy groups -OCH3 is 1. The van der Waals surface area contributed by atoms with E-state index in [-0.39, 0.29) is 0 Å². The van der Waals surface area contributed by atoms with Gasteiger partial charge < -0.3 is 24.2 Å². The maximum atomic E-state index is 12.6. The van der Waals surface area contributed by atoms with Crippen molar-refractivity contribution in [1.29, 1.82) is 0 Å². The third-order valence-electron chi connectivity index (χ3n) is 6.33. The van der Waals surface area contributed by atoms with Gasteiger partial charge in [-0.25, -0.2) is 4.79 Å². The van der Waals surface area contributed by atoms with Gasteiger partial charge in [-0.05, 0) is 57.1 Å². The minimum absolute atomic E-state index is 0.350. The standard InChI is InChI=1S/C29H39N5O4S/c1-29(2,3)37-28(35)30-25(20-39-19-21-9-11-24(36-5)12-10-21)27-31-26(32-38-27)23-8-6-7-22(17-23)18-34-15-13-33(4)14-16-34/h6-12,17,25H,13-16,18-20H2,1-5H3,(H,30,35). The zero-order valence-corrected chi connectivity index (χ0v) is 24.3. The molecule has 4 rings (SSSR count). The van der Waals surface area contributed by atoms with Gasteiger partial charge in [0.25, 0.3) is 5.89 Å². The van der Waals surface area contributed by atoms with Crippen LogP contribution in [0.5, 0.6) is 5.75 Å². The van der Waals surface area contributed by atoms with Crippen molar-refractivity contribution in [2.45, 2.75) is 44.7 Å². The topological polar surface area (TPSA) is 93.0 Å². The molecular formula is C29H39N5O4S. The minimum atomic E-state index is -0.616. The van der Waals surface area contributed by atoms with Crippen LogP contribution in [0.4, 0.5) is 4.79 Å². The number of rotatable bonds is 10. The Morgan fingerprint density at radius 2 is 1.85 bits per heavy atom. The second kappa shape index (κ2) is 13.3. The number of piperazine rings is 1. The van der Waals surface area contributed by atoms with Gasteiger partial charge in [-0.2, -0.15) is 16.7 Å². The summed E-state index contributed by atoms with van der Waals surface area (Å²) in [6.07, 6.45) is -0.522. The molecule has 2 heterocycles. The number of alkyl carbamates (subject to hydrolysis) is 1. The Bertz CT molecular complexity index is 1200. The van der Waals surface area contributed by atoms with Crippen LogP contribution in [0.1, 0.15) is 43.8 Å². The number of likely N-dealkylation sites (N-methyl/N-ethyl adjacent to an activating group) is 1. The summed E-state index contributed by atoms with van der Waals surface area (Å²) in [5.74, 6) is 2.96. The van der Waals surface area contributed by atoms with Gasteiger partial charge in [-0.3, -0.25) is 4.90 Å². The van der Waals surface area contributed by atoms with Crippen molar-refractivity contribution >= 4 is 17.9 Å². The third kappa shape index (κ3) is 8.98. The summed E-state index contributed by atoms with van der Waals surface area (Å²) in [4.78, 5) is 22.1. The SMILES string of the molecule is COc1ccc(CSCC(NC(=O)OC(C)(C)C)c2nc(-c3cccc(CN4CCN(C)CC4)c3)no2)cc1. The van der Waals surface area contributed by atoms with Crippen molar-refractivity contribution in [3.05, 3.63) is 65.5 Å². The minimum Gasteiger partial charge on any atom is -0.497 e. The van der Waals surface area contributed by atoms with Crippen LogP contribution in [-0.2, 0) is 17.0 Å². The lowest BCUT2D eigenvalue weighted by Crippen LogP contribution is -2.43. The van der Waals surface area contributed by atoms with E-state index in [0.29, 0.717) is 17.5 Å². The van der Waals surface area contributed by atoms with Crippen LogP contribution in [-0.4, -0.2) is 77.7 Å². The molecule has 2 aromatic carbocycles. The van der Waals surface area contributed by atoms with Crippen molar-refractivity contribution in [3.8, 4) is 17.1 Å². The number of ether oxygens (including phenoxy) is 2. The summed E-state index contributed by atoms with van der Waals surface area (Å²) in [6, 6.07) is 15.7. The molecule has 3 aromatic rings. The van der Waals surface area contributed by atoms with Gasteiger partial charge in [0.2, 0.25) is 5.82 Å². The fourth-order valence-corrected chi connectivity index (χ4v) is 5.22. The lowest BCUT2D eigenvalue weighted by atomic mass is 10.1. The van der Waals surface area contributed by atoms with Crippen molar-refractivity contribution < 1.29 is 18.8 Å². The molecule has 39 heavy (non-hydrogen) atoms. The Balaban J connectivity index is 1.44. The molecule has 9 nitrogen and oxygen atoms in total. The van der Waals surface area contributed by atoms with Crippen molar-refractivity contribution in [2.75, 3.05) is 46.1 Å². The summed E-state index contributed by atoms with van der Waals surface area (Å²) >= 11 is 1.66. The number of thioether (sulfide) groups is 1. The Morgan fingerprint density at radius 1 is 1.10 bits per heavy atom. The molecule has 1 saturated heterocycles. The third-order valence-corrected chi connectivity index (χ3v) is 7.44. The highest BCUT2D eigenvalue weighted by Gasteiger charge is 2.25. The van der Waals surface area contributed by atoms with E-state index in [2.05, 4.69) is 44.4 Å². The molecule has 0 spiro atoms. The summed E-state index contributed by atoms with van der Waals surface area (Å²) < 4.78 is 16.4. The highest BCUT2D eigenvalue weighted by molar-refractivity contribution is 7.98. The monoisotopic (exact) mass is 553 g/mol. The number of amides is 1. The van der Waals surface area contributed by atoms with E-state index in [9.17, 15) is 4.79 Å². The quantitative estimate of drug-likeness (QED) is 0.373. The molecule has 0 radical (unpaired) electrons. The highest BCUT2D eigenvalue weighted by atomic mass is 32.2. The fourth-order valence-electron chi connectivity index (χ4n) is 4.21. The number of benzene rings is 2. The van der Waals surface area contributed by atoms with Crippen molar-refractivity contribution in [2.24, 2.45) is 0 Å². The van der Waals surface area contributed by atoms with E-state index < -0.39 is 17.7 Å². The summed E-state index contributed by atoms with van der Waals surface area (Å²) in [5, 5.41) is 7.17. The summed E-state index contributed by atoms with van der Waals surface area (Å²) in [6.45, 7) is 10.7. The maximum Gasteiger partial charge on any atom is 0.408 e. The molecule has 0 aliphatic carbocycles. The van der Waals surface area contributed by atoms with E-state index in [4.69, 9.17) is 14.0 Å². The molecule has 1 amide bonds. The van der Waals surface area contributed by atoms with E-state index >= 15 is 0 Å². The maximum absolute atomic E-state index is 12.6. The average molecular weight is 554 g/mol. The molecule has 1 unspecified atom stereocenters. The first-order valence-corrected chi connectivity index (χ1v) is 14.4. The van der Waals surface area contributed by atoms with E-state index in [1.54, 1.807) is 18.9 Å². The zero-order chi connectivity index (χ0) is 27.8. The average Bonchev–Trinajstić information content (AvgIpc) is 3.39. The molecule has 0 bridgehead atoms. The van der Waals surface area contributed by atoms with E-state index in [1.165, 1.54) is 5.56 Å². The summed E-state index contributed by atoms with van der Waals surface area (Å²) in [5.41, 5.74) is 2.63. The van der Waals surface area contributed by atoms with Crippen LogP contribution < -0.4 is 10.1 Å². The molecule has 1 aliphatic rings. The van der Waals surface area contributed by atoms with Crippen LogP contribution in [0, 0.1) is 0 Å². The summed E-state index contributed by atoms with van der Waals surface area (Å²) in [7, 11) is 3.81. The Kier molecular flexibility index (Phi) is 9.88. The number of hydrogen-bond acceptors (Lipinski definition) is 9. The Labute approximate surface area is 235 Å². The molecule has 1 aliphatic heterocycles. The fraction of sp³-hybridized carbons (Fsp3) is 0.483. The molecule has 1 fully saturated rings. The molecular weight excluding hydrogens is 514 g/mol. The Morgan fingerprint density at radius 3 is 2.54 bits per heavy atom. The second-order valence-corrected chi connectivity index (χ2v) is 11.8. The molecule has 0 saturated carbocycles. The van der Waals surface area contributed by atoms with E-state index in [1.807, 2.05) is 57.2 Å². The number of carbonyl (C=O) groups excluding carboxylic acids is 1. The molecule has 1 atom stereocenters. The first-order valence-electron chi connectivity index (χ1n) is 13.2. The van der Waals surface area contributed by atoms with Crippen molar-refractivity contribution in [1.82, 2.24) is 25.3 Å². The predicted molar refractivity (Wildman–Crippen MR) is 154 cm³/mol. The first-order chi connectivity index (χ1) is 18.7. The second-order valence-electron chi connectivity index (χ2n) is 10.8. The van der Waals surface area contributed by atoms with E-state index in [0.717, 1.165) is 55.4 Å². The van der Waals surface area contributed by atoms with Gasteiger partial charge in [0.1, 0.15) is 17.4 Å². The van der Waals surface area contributed by atoms with Crippen LogP contribution in [0.15, 0.2) is 53.1 Å². The zero-order valence-electron chi connectivity index (χ0n) is 23.5. The Hall–Kier alpha value is -3.08. The molecule has 210 valence electrons. The molecule has 1 aromatic heterocycles. The lowest BCUT2D eigenvalue weighted by Gasteiger charge is -2.32. The largest absolute Gasteiger partial charge is 0.497 e. The number of hydrogen-bond donors (Lipinski definition) is 1. The van der Waals surface area contributed by atoms with Crippen LogP contribution in [0.2, 0.25) is 0 Å². The van der Waals surface area contributed by atoms with Crippen molar-refractivity contribution in [3.63, 3.8) is 0 Å². The van der Waals surface area contributed by atoms with Gasteiger partial charge in [0, 0.05) is 49.8 Å². The van der Waals surface area contributed by atoms with Crippen LogP contribution in [0.3, 0.4) is 0 Å². The lowest BCUT2D eigenvalue weighted by molar-refractivity contribution is 0.0500. The predicted octanol–water partition coefficient (Wildman–Crippen LogP) is 4.99. The number of carbonyl (C=O) groups is 1. The highest BCUT2D eigenvalue weighted by Crippen LogP contribution is 2.25. The molecule has 1 N–H and O–H groups in total. The van der Waals surface area contributed by atoms with Gasteiger partial charge >= 0.3 is 6.09 Å². The van der Waals surface area contributed by atoms with Gasteiger partial charge in [0.15, 0.2) is 0 Å². The van der Waals surface area contributed by atoms with Gasteiger partial charge in [-0.15, -0.1) is 0 Å². The normalized spacial score (nSPS) is 15.6. The van der Waals surface area contributed by atoms with Gasteiger partial charge in [0.05, 0.1) is 7.11 Å². The number of aromatic nitrogens is 2. The molecule has 10 heteroatoms.